The molecule has 0 spiro atoms. The zero-order valence-electron chi connectivity index (χ0n) is 15.1. The van der Waals surface area contributed by atoms with Crippen molar-refractivity contribution in [3.05, 3.63) is 34.4 Å². The number of aromatic hydroxyl groups is 1. The van der Waals surface area contributed by atoms with E-state index in [1.165, 1.54) is 7.11 Å². The first kappa shape index (κ1) is 19.5. The summed E-state index contributed by atoms with van der Waals surface area (Å²) in [4.78, 5) is 24.9. The number of carbonyl (C=O) groups excluding carboxylic acids is 2. The molecule has 2 fully saturated rings. The summed E-state index contributed by atoms with van der Waals surface area (Å²) in [6, 6.07) is 2.09. The molecule has 27 heavy (non-hydrogen) atoms. The average Bonchev–Trinajstić information content (AvgIpc) is 2.63. The minimum atomic E-state index is -0.786. The van der Waals surface area contributed by atoms with Crippen molar-refractivity contribution in [1.29, 1.82) is 0 Å². The van der Waals surface area contributed by atoms with Gasteiger partial charge in [-0.3, -0.25) is 4.79 Å². The number of nitrogens with one attached hydrogen (secondary N) is 2. The molecule has 2 amide bonds. The van der Waals surface area contributed by atoms with Gasteiger partial charge in [0, 0.05) is 5.70 Å². The predicted molar refractivity (Wildman–Crippen MR) is 102 cm³/mol. The second kappa shape index (κ2) is 8.21. The van der Waals surface area contributed by atoms with Crippen LogP contribution in [0.15, 0.2) is 28.9 Å². The van der Waals surface area contributed by atoms with Crippen LogP contribution in [0.1, 0.15) is 43.7 Å². The van der Waals surface area contributed by atoms with E-state index in [-0.39, 0.29) is 23.3 Å². The lowest BCUT2D eigenvalue weighted by atomic mass is 9.88. The summed E-state index contributed by atoms with van der Waals surface area (Å²) in [5.74, 6) is -1.03. The number of rotatable bonds is 4. The Morgan fingerprint density at radius 2 is 2.00 bits per heavy atom. The van der Waals surface area contributed by atoms with Crippen LogP contribution in [0.5, 0.6) is 11.5 Å². The lowest BCUT2D eigenvalue weighted by Crippen LogP contribution is -2.51. The fourth-order valence-electron chi connectivity index (χ4n) is 3.59. The van der Waals surface area contributed by atoms with Gasteiger partial charge in [-0.05, 0) is 59.3 Å². The highest BCUT2D eigenvalue weighted by molar-refractivity contribution is 9.10. The van der Waals surface area contributed by atoms with Crippen LogP contribution < -0.4 is 15.4 Å². The molecule has 8 heteroatoms. The van der Waals surface area contributed by atoms with Gasteiger partial charge >= 0.3 is 12.0 Å². The SMILES string of the molecule is C=C1NC(=O)NC(c2cc(Br)c(O)c(OC)c2)C1C(=O)OC1CCCCC1. The third-order valence-electron chi connectivity index (χ3n) is 4.99. The average molecular weight is 439 g/mol. The van der Waals surface area contributed by atoms with Gasteiger partial charge in [0.2, 0.25) is 0 Å². The van der Waals surface area contributed by atoms with E-state index in [0.717, 1.165) is 32.1 Å². The second-order valence-electron chi connectivity index (χ2n) is 6.83. The fourth-order valence-corrected chi connectivity index (χ4v) is 4.05. The van der Waals surface area contributed by atoms with Crippen molar-refractivity contribution in [2.45, 2.75) is 44.2 Å². The molecule has 1 aromatic rings. The molecule has 1 saturated carbocycles. The summed E-state index contributed by atoms with van der Waals surface area (Å²) in [5.41, 5.74) is 0.880. The van der Waals surface area contributed by atoms with Gasteiger partial charge < -0.3 is 25.2 Å². The smallest absolute Gasteiger partial charge is 0.319 e. The monoisotopic (exact) mass is 438 g/mol. The molecule has 0 bridgehead atoms. The van der Waals surface area contributed by atoms with Gasteiger partial charge in [0.25, 0.3) is 0 Å². The molecule has 2 aliphatic rings. The Labute approximate surface area is 166 Å². The number of phenolic OH excluding ortho intramolecular Hbond substituents is 1. The van der Waals surface area contributed by atoms with Gasteiger partial charge in [0.05, 0.1) is 17.6 Å². The summed E-state index contributed by atoms with van der Waals surface area (Å²) in [6.07, 6.45) is 4.86. The fraction of sp³-hybridized carbons (Fsp3) is 0.474. The maximum atomic E-state index is 12.9. The topological polar surface area (TPSA) is 96.9 Å². The molecule has 1 aliphatic carbocycles. The molecule has 1 aromatic carbocycles. The van der Waals surface area contributed by atoms with E-state index >= 15 is 0 Å². The summed E-state index contributed by atoms with van der Waals surface area (Å²) >= 11 is 3.27. The number of methoxy groups -OCH3 is 1. The van der Waals surface area contributed by atoms with Gasteiger partial charge in [-0.2, -0.15) is 0 Å². The van der Waals surface area contributed by atoms with Crippen LogP contribution in [0.4, 0.5) is 4.79 Å². The molecule has 0 radical (unpaired) electrons. The Morgan fingerprint density at radius 3 is 2.67 bits per heavy atom. The zero-order valence-corrected chi connectivity index (χ0v) is 16.7. The standard InChI is InChI=1S/C19H23BrN2O5/c1-10-15(18(24)27-12-6-4-3-5-7-12)16(22-19(25)21-10)11-8-13(20)17(23)14(9-11)26-2/h8-9,12,15-16,23H,1,3-7H2,2H3,(H2,21,22,25). The summed E-state index contributed by atoms with van der Waals surface area (Å²) < 4.78 is 11.3. The van der Waals surface area contributed by atoms with Crippen LogP contribution in [0, 0.1) is 5.92 Å². The highest BCUT2D eigenvalue weighted by Gasteiger charge is 2.40. The molecule has 7 nitrogen and oxygen atoms in total. The molecule has 0 aromatic heterocycles. The number of carbonyl (C=O) groups is 2. The molecule has 2 unspecified atom stereocenters. The Morgan fingerprint density at radius 1 is 1.30 bits per heavy atom. The number of esters is 1. The largest absolute Gasteiger partial charge is 0.503 e. The maximum absolute atomic E-state index is 12.9. The van der Waals surface area contributed by atoms with E-state index in [1.54, 1.807) is 12.1 Å². The summed E-state index contributed by atoms with van der Waals surface area (Å²) in [7, 11) is 1.43. The molecule has 1 aliphatic heterocycles. The summed E-state index contributed by atoms with van der Waals surface area (Å²) in [5, 5.41) is 15.4. The third-order valence-corrected chi connectivity index (χ3v) is 5.59. The molecule has 2 atom stereocenters. The number of phenols is 1. The number of amides is 2. The van der Waals surface area contributed by atoms with Crippen LogP contribution in [0.3, 0.4) is 0 Å². The normalized spacial score (nSPS) is 23.3. The van der Waals surface area contributed by atoms with Crippen molar-refractivity contribution in [3.63, 3.8) is 0 Å². The van der Waals surface area contributed by atoms with Gasteiger partial charge in [0.1, 0.15) is 12.0 Å². The zero-order chi connectivity index (χ0) is 19.6. The van der Waals surface area contributed by atoms with E-state index < -0.39 is 24.0 Å². The number of halogens is 1. The van der Waals surface area contributed by atoms with Crippen molar-refractivity contribution in [2.24, 2.45) is 5.92 Å². The number of benzene rings is 1. The highest BCUT2D eigenvalue weighted by Crippen LogP contribution is 2.40. The quantitative estimate of drug-likeness (QED) is 0.624. The van der Waals surface area contributed by atoms with Gasteiger partial charge in [-0.15, -0.1) is 0 Å². The predicted octanol–water partition coefficient (Wildman–Crippen LogP) is 3.52. The van der Waals surface area contributed by atoms with E-state index in [2.05, 4.69) is 33.1 Å². The Bertz CT molecular complexity index is 761. The van der Waals surface area contributed by atoms with E-state index in [0.29, 0.717) is 10.0 Å². The Balaban J connectivity index is 1.90. The van der Waals surface area contributed by atoms with Crippen molar-refractivity contribution < 1.29 is 24.2 Å². The van der Waals surface area contributed by atoms with Gasteiger partial charge in [0.15, 0.2) is 11.5 Å². The van der Waals surface area contributed by atoms with Gasteiger partial charge in [-0.1, -0.05) is 13.0 Å². The van der Waals surface area contributed by atoms with Crippen molar-refractivity contribution in [2.75, 3.05) is 7.11 Å². The molecule has 1 saturated heterocycles. The molecule has 1 heterocycles. The number of hydrogen-bond acceptors (Lipinski definition) is 5. The first-order valence-electron chi connectivity index (χ1n) is 8.94. The lowest BCUT2D eigenvalue weighted by molar-refractivity contribution is -0.155. The first-order chi connectivity index (χ1) is 12.9. The van der Waals surface area contributed by atoms with Crippen molar-refractivity contribution >= 4 is 27.9 Å². The minimum Gasteiger partial charge on any atom is -0.503 e. The van der Waals surface area contributed by atoms with Crippen molar-refractivity contribution in [3.8, 4) is 11.5 Å². The lowest BCUT2D eigenvalue weighted by Gasteiger charge is -2.34. The van der Waals surface area contributed by atoms with Crippen LogP contribution in [-0.4, -0.2) is 30.3 Å². The number of ether oxygens (including phenoxy) is 2. The first-order valence-corrected chi connectivity index (χ1v) is 9.73. The van der Waals surface area contributed by atoms with E-state index in [9.17, 15) is 14.7 Å². The Hall–Kier alpha value is -2.22. The molecule has 3 rings (SSSR count). The second-order valence-corrected chi connectivity index (χ2v) is 7.68. The summed E-state index contributed by atoms with van der Waals surface area (Å²) in [6.45, 7) is 3.85. The Kier molecular flexibility index (Phi) is 5.94. The van der Waals surface area contributed by atoms with Crippen LogP contribution >= 0.6 is 15.9 Å². The third kappa shape index (κ3) is 4.21. The number of urea groups is 1. The van der Waals surface area contributed by atoms with Gasteiger partial charge in [-0.25, -0.2) is 4.79 Å². The minimum absolute atomic E-state index is 0.0540. The van der Waals surface area contributed by atoms with E-state index in [4.69, 9.17) is 9.47 Å². The van der Waals surface area contributed by atoms with E-state index in [1.807, 2.05) is 0 Å². The van der Waals surface area contributed by atoms with Crippen LogP contribution in [0.25, 0.3) is 0 Å². The highest BCUT2D eigenvalue weighted by atomic mass is 79.9. The number of hydrogen-bond donors (Lipinski definition) is 3. The molecule has 3 N–H and O–H groups in total. The van der Waals surface area contributed by atoms with Crippen LogP contribution in [-0.2, 0) is 9.53 Å². The van der Waals surface area contributed by atoms with Crippen LogP contribution in [0.2, 0.25) is 0 Å². The van der Waals surface area contributed by atoms with Crippen molar-refractivity contribution in [1.82, 2.24) is 10.6 Å². The maximum Gasteiger partial charge on any atom is 0.319 e. The molecular formula is C19H23BrN2O5. The molecular weight excluding hydrogens is 416 g/mol. The molecule has 146 valence electrons.